The van der Waals surface area contributed by atoms with Crippen molar-refractivity contribution in [3.05, 3.63) is 22.8 Å². The Balaban J connectivity index is 1.90. The highest BCUT2D eigenvalue weighted by atomic mass is 19.4. The molecule has 23 heavy (non-hydrogen) atoms. The van der Waals surface area contributed by atoms with Crippen molar-refractivity contribution in [3.8, 4) is 0 Å². The number of hydrogen-bond donors (Lipinski definition) is 0. The molecular weight excluding hydrogens is 307 g/mol. The fraction of sp³-hybridized carbons (Fsp3) is 0.688. The van der Waals surface area contributed by atoms with Gasteiger partial charge in [-0.25, -0.2) is 9.97 Å². The zero-order valence-electron chi connectivity index (χ0n) is 13.5. The topological polar surface area (TPSA) is 46.1 Å². The minimum Gasteiger partial charge on any atom is -0.337 e. The molecule has 1 aromatic rings. The van der Waals surface area contributed by atoms with Gasteiger partial charge in [-0.05, 0) is 46.5 Å². The van der Waals surface area contributed by atoms with Gasteiger partial charge in [0.15, 0.2) is 5.69 Å². The maximum Gasteiger partial charge on any atom is 0.433 e. The molecule has 1 amide bonds. The van der Waals surface area contributed by atoms with Gasteiger partial charge in [-0.3, -0.25) is 4.79 Å². The zero-order valence-corrected chi connectivity index (χ0v) is 13.5. The van der Waals surface area contributed by atoms with Crippen LogP contribution in [0.2, 0.25) is 0 Å². The van der Waals surface area contributed by atoms with Gasteiger partial charge in [-0.1, -0.05) is 0 Å². The first-order valence-electron chi connectivity index (χ1n) is 7.84. The van der Waals surface area contributed by atoms with Crippen LogP contribution in [0.4, 0.5) is 13.2 Å². The molecule has 0 unspecified atom stereocenters. The van der Waals surface area contributed by atoms with Gasteiger partial charge >= 0.3 is 6.18 Å². The van der Waals surface area contributed by atoms with Gasteiger partial charge in [0.05, 0.1) is 0 Å². The second-order valence-electron chi connectivity index (χ2n) is 7.03. The van der Waals surface area contributed by atoms with Crippen molar-refractivity contribution < 1.29 is 18.0 Å². The summed E-state index contributed by atoms with van der Waals surface area (Å²) >= 11 is 0. The van der Waals surface area contributed by atoms with Crippen molar-refractivity contribution in [1.29, 1.82) is 0 Å². The van der Waals surface area contributed by atoms with Gasteiger partial charge in [0.2, 0.25) is 5.91 Å². The minimum atomic E-state index is -4.52. The quantitative estimate of drug-likeness (QED) is 0.797. The van der Waals surface area contributed by atoms with Gasteiger partial charge in [-0.2, -0.15) is 13.2 Å². The Bertz CT molecular complexity index is 655. The monoisotopic (exact) mass is 327 g/mol. The lowest BCUT2D eigenvalue weighted by molar-refractivity contribution is -0.150. The summed E-state index contributed by atoms with van der Waals surface area (Å²) in [5.74, 6) is -0.320. The van der Waals surface area contributed by atoms with Crippen molar-refractivity contribution in [3.63, 3.8) is 0 Å². The second-order valence-corrected chi connectivity index (χ2v) is 7.03. The van der Waals surface area contributed by atoms with Gasteiger partial charge in [0.1, 0.15) is 5.82 Å². The molecule has 2 aliphatic rings. The lowest BCUT2D eigenvalue weighted by Crippen LogP contribution is -2.60. The fourth-order valence-corrected chi connectivity index (χ4v) is 3.48. The number of carbonyl (C=O) groups excluding carboxylic acids is 1. The number of alkyl halides is 3. The van der Waals surface area contributed by atoms with E-state index in [-0.39, 0.29) is 29.3 Å². The lowest BCUT2D eigenvalue weighted by Gasteiger charge is -2.50. The number of nitrogens with zero attached hydrogens (tertiary/aromatic N) is 3. The molecule has 0 saturated carbocycles. The van der Waals surface area contributed by atoms with Crippen molar-refractivity contribution in [1.82, 2.24) is 14.9 Å². The molecule has 1 aliphatic heterocycles. The average molecular weight is 327 g/mol. The molecule has 0 radical (unpaired) electrons. The maximum atomic E-state index is 13.3. The summed E-state index contributed by atoms with van der Waals surface area (Å²) in [4.78, 5) is 22.2. The number of fused-ring (bicyclic) bond motifs is 1. The Morgan fingerprint density at radius 1 is 1.30 bits per heavy atom. The third-order valence-corrected chi connectivity index (χ3v) is 4.95. The molecule has 1 aliphatic carbocycles. The highest BCUT2D eigenvalue weighted by Gasteiger charge is 2.44. The smallest absolute Gasteiger partial charge is 0.337 e. The molecule has 0 bridgehead atoms. The predicted octanol–water partition coefficient (Wildman–Crippen LogP) is 2.92. The summed E-state index contributed by atoms with van der Waals surface area (Å²) < 4.78 is 39.8. The van der Waals surface area contributed by atoms with Gasteiger partial charge in [-0.15, -0.1) is 0 Å². The molecular formula is C16H20F3N3O. The first-order chi connectivity index (χ1) is 10.6. The molecule has 0 aromatic carbocycles. The summed E-state index contributed by atoms with van der Waals surface area (Å²) in [6.45, 7) is 6.12. The van der Waals surface area contributed by atoms with Crippen LogP contribution in [0.25, 0.3) is 0 Å². The van der Waals surface area contributed by atoms with Crippen molar-refractivity contribution in [2.75, 3.05) is 6.54 Å². The maximum absolute atomic E-state index is 13.3. The molecule has 1 saturated heterocycles. The van der Waals surface area contributed by atoms with Gasteiger partial charge < -0.3 is 4.90 Å². The molecule has 1 fully saturated rings. The van der Waals surface area contributed by atoms with Crippen LogP contribution in [-0.2, 0) is 23.8 Å². The van der Waals surface area contributed by atoms with Crippen molar-refractivity contribution >= 4 is 5.91 Å². The number of halogens is 3. The molecule has 4 nitrogen and oxygen atoms in total. The van der Waals surface area contributed by atoms with E-state index in [4.69, 9.17) is 0 Å². The third kappa shape index (κ3) is 2.81. The Hall–Kier alpha value is -1.66. The van der Waals surface area contributed by atoms with Crippen LogP contribution in [0.5, 0.6) is 0 Å². The van der Waals surface area contributed by atoms with Crippen molar-refractivity contribution in [2.24, 2.45) is 5.92 Å². The van der Waals surface area contributed by atoms with Gasteiger partial charge in [0, 0.05) is 29.3 Å². The Labute approximate surface area is 133 Å². The number of aromatic nitrogens is 2. The van der Waals surface area contributed by atoms with E-state index >= 15 is 0 Å². The van der Waals surface area contributed by atoms with E-state index in [1.165, 1.54) is 6.92 Å². The van der Waals surface area contributed by atoms with Crippen LogP contribution in [0.1, 0.15) is 49.5 Å². The number of likely N-dealkylation sites (tertiary alicyclic amines) is 1. The van der Waals surface area contributed by atoms with E-state index in [0.29, 0.717) is 25.1 Å². The largest absolute Gasteiger partial charge is 0.433 e. The summed E-state index contributed by atoms with van der Waals surface area (Å²) in [5, 5.41) is 0. The fourth-order valence-electron chi connectivity index (χ4n) is 3.48. The summed E-state index contributed by atoms with van der Waals surface area (Å²) in [6.07, 6.45) is -2.56. The number of aryl methyl sites for hydroxylation is 2. The van der Waals surface area contributed by atoms with E-state index in [9.17, 15) is 18.0 Å². The number of amides is 1. The third-order valence-electron chi connectivity index (χ3n) is 4.95. The lowest BCUT2D eigenvalue weighted by atomic mass is 9.81. The first kappa shape index (κ1) is 16.2. The van der Waals surface area contributed by atoms with E-state index in [1.54, 1.807) is 4.90 Å². The molecule has 0 N–H and O–H groups in total. The second kappa shape index (κ2) is 5.18. The average Bonchev–Trinajstić information content (AvgIpc) is 2.43. The highest BCUT2D eigenvalue weighted by molar-refractivity contribution is 5.81. The molecule has 1 aromatic heterocycles. The summed E-state index contributed by atoms with van der Waals surface area (Å²) in [5.41, 5.74) is -0.517. The molecule has 3 rings (SSSR count). The molecule has 0 spiro atoms. The number of rotatable bonds is 1. The standard InChI is InChI=1S/C16H20F3N3O/c1-9-20-12-5-4-10(14(23)22-7-6-15(22,2)3)8-11(12)13(21-9)16(17,18)19/h10H,4-8H2,1-3H3/t10-/m1/s1. The SMILES string of the molecule is Cc1nc2c(c(C(F)(F)F)n1)C[C@H](C(=O)N1CCC1(C)C)CC2. The minimum absolute atomic E-state index is 0.0411. The Morgan fingerprint density at radius 3 is 2.52 bits per heavy atom. The van der Waals surface area contributed by atoms with Crippen LogP contribution < -0.4 is 0 Å². The Morgan fingerprint density at radius 2 is 2.00 bits per heavy atom. The molecule has 1 atom stereocenters. The first-order valence-corrected chi connectivity index (χ1v) is 7.84. The van der Waals surface area contributed by atoms with E-state index in [1.807, 2.05) is 13.8 Å². The summed E-state index contributed by atoms with van der Waals surface area (Å²) in [7, 11) is 0. The summed E-state index contributed by atoms with van der Waals surface area (Å²) in [6, 6.07) is 0. The van der Waals surface area contributed by atoms with Crippen LogP contribution in [0.15, 0.2) is 0 Å². The number of carbonyl (C=O) groups is 1. The molecule has 2 heterocycles. The van der Waals surface area contributed by atoms with E-state index in [0.717, 1.165) is 6.42 Å². The van der Waals surface area contributed by atoms with E-state index in [2.05, 4.69) is 9.97 Å². The van der Waals surface area contributed by atoms with Gasteiger partial charge in [0.25, 0.3) is 0 Å². The predicted molar refractivity (Wildman–Crippen MR) is 77.7 cm³/mol. The normalized spacial score (nSPS) is 23.2. The van der Waals surface area contributed by atoms with Crippen LogP contribution >= 0.6 is 0 Å². The van der Waals surface area contributed by atoms with E-state index < -0.39 is 17.8 Å². The number of hydrogen-bond acceptors (Lipinski definition) is 3. The van der Waals surface area contributed by atoms with Crippen LogP contribution in [0.3, 0.4) is 0 Å². The zero-order chi connectivity index (χ0) is 17.0. The van der Waals surface area contributed by atoms with Crippen LogP contribution in [0, 0.1) is 12.8 Å². The molecule has 126 valence electrons. The Kier molecular flexibility index (Phi) is 3.65. The molecule has 7 heteroatoms. The van der Waals surface area contributed by atoms with Crippen LogP contribution in [-0.4, -0.2) is 32.9 Å². The van der Waals surface area contributed by atoms with Crippen molar-refractivity contribution in [2.45, 2.75) is 58.2 Å². The highest BCUT2D eigenvalue weighted by Crippen LogP contribution is 2.38.